The minimum absolute atomic E-state index is 0.131. The normalized spacial score (nSPS) is 14.9. The second kappa shape index (κ2) is 5.78. The highest BCUT2D eigenvalue weighted by atomic mass is 32.2. The Labute approximate surface area is 150 Å². The zero-order valence-corrected chi connectivity index (χ0v) is 16.4. The number of hydrogen-bond acceptors (Lipinski definition) is 6. The average Bonchev–Trinajstić information content (AvgIpc) is 2.85. The van der Waals surface area contributed by atoms with E-state index >= 15 is 0 Å². The van der Waals surface area contributed by atoms with Crippen molar-refractivity contribution in [3.05, 3.63) is 29.8 Å². The van der Waals surface area contributed by atoms with Crippen LogP contribution in [0.1, 0.15) is 10.4 Å². The molecular formula is C15H16N2O5S3. The summed E-state index contributed by atoms with van der Waals surface area (Å²) < 4.78 is 53.0. The molecule has 134 valence electrons. The lowest BCUT2D eigenvalue weighted by atomic mass is 10.1. The summed E-state index contributed by atoms with van der Waals surface area (Å²) in [5.41, 5.74) is 0.323. The number of benzene rings is 2. The maximum Gasteiger partial charge on any atom is 0.243 e. The Morgan fingerprint density at radius 2 is 1.44 bits per heavy atom. The van der Waals surface area contributed by atoms with E-state index in [9.17, 15) is 21.6 Å². The van der Waals surface area contributed by atoms with Crippen LogP contribution < -0.4 is 0 Å². The summed E-state index contributed by atoms with van der Waals surface area (Å²) in [6.45, 7) is 0. The van der Waals surface area contributed by atoms with Crippen LogP contribution in [0.15, 0.2) is 39.0 Å². The zero-order chi connectivity index (χ0) is 18.7. The van der Waals surface area contributed by atoms with Crippen LogP contribution in [-0.4, -0.2) is 58.8 Å². The fraction of sp³-hybridized carbons (Fsp3) is 0.267. The lowest BCUT2D eigenvalue weighted by molar-refractivity contribution is 0.109. The first-order valence-electron chi connectivity index (χ1n) is 7.16. The molecule has 0 saturated heterocycles. The summed E-state index contributed by atoms with van der Waals surface area (Å²) >= 11 is 0.815. The molecule has 1 heterocycles. The highest BCUT2D eigenvalue weighted by Crippen LogP contribution is 2.46. The SMILES string of the molecule is CN(C)S(=O)(=O)c1cc(S(=O)(=O)N(C)C)c2cccc3c2c1SC3=O. The van der Waals surface area contributed by atoms with Crippen LogP contribution in [0, 0.1) is 0 Å². The minimum Gasteiger partial charge on any atom is -0.281 e. The molecule has 10 heteroatoms. The first-order valence-corrected chi connectivity index (χ1v) is 10.9. The predicted octanol–water partition coefficient (Wildman–Crippen LogP) is 1.59. The van der Waals surface area contributed by atoms with Gasteiger partial charge in [-0.05, 0) is 23.9 Å². The lowest BCUT2D eigenvalue weighted by Crippen LogP contribution is -2.25. The summed E-state index contributed by atoms with van der Waals surface area (Å²) in [5, 5.41) is 0.424. The van der Waals surface area contributed by atoms with Gasteiger partial charge in [0.2, 0.25) is 25.2 Å². The first kappa shape index (κ1) is 18.3. The summed E-state index contributed by atoms with van der Waals surface area (Å²) in [7, 11) is -2.37. The van der Waals surface area contributed by atoms with E-state index in [2.05, 4.69) is 0 Å². The summed E-state index contributed by atoms with van der Waals surface area (Å²) in [6, 6.07) is 5.91. The monoisotopic (exact) mass is 400 g/mol. The highest BCUT2D eigenvalue weighted by molar-refractivity contribution is 8.15. The quantitative estimate of drug-likeness (QED) is 0.774. The van der Waals surface area contributed by atoms with Crippen molar-refractivity contribution in [3.8, 4) is 0 Å². The van der Waals surface area contributed by atoms with Crippen LogP contribution in [0.25, 0.3) is 10.8 Å². The van der Waals surface area contributed by atoms with Crippen LogP contribution >= 0.6 is 11.8 Å². The molecule has 7 nitrogen and oxygen atoms in total. The van der Waals surface area contributed by atoms with Crippen molar-refractivity contribution in [2.75, 3.05) is 28.2 Å². The number of nitrogens with zero attached hydrogens (tertiary/aromatic N) is 2. The Bertz CT molecular complexity index is 1120. The van der Waals surface area contributed by atoms with Crippen molar-refractivity contribution in [2.24, 2.45) is 0 Å². The molecule has 2 aromatic carbocycles. The number of sulfonamides is 2. The fourth-order valence-electron chi connectivity index (χ4n) is 2.61. The van der Waals surface area contributed by atoms with E-state index in [0.29, 0.717) is 16.3 Å². The molecule has 2 aromatic rings. The Morgan fingerprint density at radius 1 is 0.880 bits per heavy atom. The van der Waals surface area contributed by atoms with E-state index in [4.69, 9.17) is 0 Å². The molecule has 1 aliphatic rings. The van der Waals surface area contributed by atoms with Crippen LogP contribution in [0.2, 0.25) is 0 Å². The second-order valence-electron chi connectivity index (χ2n) is 5.89. The van der Waals surface area contributed by atoms with Crippen molar-refractivity contribution < 1.29 is 21.6 Å². The Balaban J connectivity index is 2.56. The lowest BCUT2D eigenvalue weighted by Gasteiger charge is -2.18. The highest BCUT2D eigenvalue weighted by Gasteiger charge is 2.35. The van der Waals surface area contributed by atoms with Gasteiger partial charge < -0.3 is 0 Å². The van der Waals surface area contributed by atoms with Gasteiger partial charge in [0, 0.05) is 49.4 Å². The van der Waals surface area contributed by atoms with Crippen molar-refractivity contribution in [2.45, 2.75) is 14.7 Å². The van der Waals surface area contributed by atoms with Gasteiger partial charge in [0.15, 0.2) is 0 Å². The van der Waals surface area contributed by atoms with Crippen molar-refractivity contribution in [1.82, 2.24) is 8.61 Å². The number of carbonyl (C=O) groups is 1. The van der Waals surface area contributed by atoms with Crippen LogP contribution in [0.5, 0.6) is 0 Å². The zero-order valence-electron chi connectivity index (χ0n) is 14.0. The molecule has 0 unspecified atom stereocenters. The van der Waals surface area contributed by atoms with E-state index in [1.54, 1.807) is 18.2 Å². The Kier molecular flexibility index (Phi) is 4.24. The van der Waals surface area contributed by atoms with Crippen LogP contribution in [0.4, 0.5) is 0 Å². The maximum atomic E-state index is 12.7. The largest absolute Gasteiger partial charge is 0.281 e. The van der Waals surface area contributed by atoms with Crippen molar-refractivity contribution >= 4 is 47.7 Å². The number of hydrogen-bond donors (Lipinski definition) is 0. The number of carbonyl (C=O) groups excluding carboxylic acids is 1. The maximum absolute atomic E-state index is 12.7. The predicted molar refractivity (Wildman–Crippen MR) is 95.9 cm³/mol. The van der Waals surface area contributed by atoms with Gasteiger partial charge in [-0.1, -0.05) is 12.1 Å². The van der Waals surface area contributed by atoms with Gasteiger partial charge in [0.1, 0.15) is 0 Å². The van der Waals surface area contributed by atoms with Crippen molar-refractivity contribution in [1.29, 1.82) is 0 Å². The van der Waals surface area contributed by atoms with Gasteiger partial charge in [-0.15, -0.1) is 0 Å². The molecule has 0 radical (unpaired) electrons. The molecule has 1 aliphatic heterocycles. The molecule has 3 rings (SSSR count). The summed E-state index contributed by atoms with van der Waals surface area (Å²) in [6.07, 6.45) is 0. The molecule has 0 aromatic heterocycles. The van der Waals surface area contributed by atoms with E-state index in [1.807, 2.05) is 0 Å². The molecular weight excluding hydrogens is 384 g/mol. The van der Waals surface area contributed by atoms with Gasteiger partial charge in [-0.3, -0.25) is 4.79 Å². The topological polar surface area (TPSA) is 91.8 Å². The molecule has 25 heavy (non-hydrogen) atoms. The van der Waals surface area contributed by atoms with Gasteiger partial charge in [-0.2, -0.15) is 0 Å². The molecule has 0 spiro atoms. The van der Waals surface area contributed by atoms with E-state index in [1.165, 1.54) is 28.2 Å². The molecule has 0 N–H and O–H groups in total. The Hall–Kier alpha value is -1.46. The van der Waals surface area contributed by atoms with Gasteiger partial charge in [-0.25, -0.2) is 25.4 Å². The van der Waals surface area contributed by atoms with Gasteiger partial charge >= 0.3 is 0 Å². The second-order valence-corrected chi connectivity index (χ2v) is 11.1. The smallest absolute Gasteiger partial charge is 0.243 e. The molecule has 0 saturated carbocycles. The third kappa shape index (κ3) is 2.59. The molecule has 0 amide bonds. The van der Waals surface area contributed by atoms with Crippen LogP contribution in [0.3, 0.4) is 0 Å². The summed E-state index contributed by atoms with van der Waals surface area (Å²) in [5.74, 6) is 0. The average molecular weight is 401 g/mol. The first-order chi connectivity index (χ1) is 11.5. The third-order valence-corrected chi connectivity index (χ3v) is 8.83. The van der Waals surface area contributed by atoms with Gasteiger partial charge in [0.25, 0.3) is 0 Å². The van der Waals surface area contributed by atoms with E-state index in [0.717, 1.165) is 26.4 Å². The number of rotatable bonds is 4. The molecule has 0 bridgehead atoms. The number of thioether (sulfide) groups is 1. The molecule has 0 atom stereocenters. The van der Waals surface area contributed by atoms with Crippen LogP contribution in [-0.2, 0) is 20.0 Å². The standard InChI is InChI=1S/C15H16N2O5S3/c1-16(2)24(19,20)11-8-12(25(21,22)17(3)4)14-13-9(11)6-5-7-10(13)15(18)23-14/h5-8H,1-4H3. The van der Waals surface area contributed by atoms with E-state index in [-0.39, 0.29) is 19.8 Å². The minimum atomic E-state index is -3.93. The third-order valence-electron chi connectivity index (χ3n) is 3.97. The molecule has 0 fully saturated rings. The fourth-order valence-corrected chi connectivity index (χ4v) is 6.17. The summed E-state index contributed by atoms with van der Waals surface area (Å²) in [4.78, 5) is 12.3. The molecule has 0 aliphatic carbocycles. The van der Waals surface area contributed by atoms with E-state index < -0.39 is 20.0 Å². The Morgan fingerprint density at radius 3 is 2.00 bits per heavy atom. The van der Waals surface area contributed by atoms with Gasteiger partial charge in [0.05, 0.1) is 9.79 Å². The van der Waals surface area contributed by atoms with Crippen molar-refractivity contribution in [3.63, 3.8) is 0 Å².